The predicted molar refractivity (Wildman–Crippen MR) is 263 cm³/mol. The van der Waals surface area contributed by atoms with Gasteiger partial charge in [0.15, 0.2) is 11.6 Å². The minimum absolute atomic E-state index is 0.000663. The number of phenols is 2. The van der Waals surface area contributed by atoms with Gasteiger partial charge in [-0.1, -0.05) is 74.0 Å². The second-order valence-corrected chi connectivity index (χ2v) is 19.7. The number of nitrogens with one attached hydrogen (secondary N) is 1. The van der Waals surface area contributed by atoms with Crippen molar-refractivity contribution in [1.82, 2.24) is 44.2 Å². The topological polar surface area (TPSA) is 161 Å². The number of thiophene rings is 1. The van der Waals surface area contributed by atoms with E-state index in [-0.39, 0.29) is 41.6 Å². The van der Waals surface area contributed by atoms with Crippen LogP contribution in [0.5, 0.6) is 11.5 Å². The number of aliphatic imine (C=N–C) groups is 1. The van der Waals surface area contributed by atoms with Crippen molar-refractivity contribution >= 4 is 34.6 Å². The normalized spacial score (nSPS) is 15.8. The molecule has 0 unspecified atom stereocenters. The van der Waals surface area contributed by atoms with Gasteiger partial charge in [-0.3, -0.25) is 24.2 Å². The van der Waals surface area contributed by atoms with Crippen LogP contribution in [0.4, 0.5) is 0 Å². The Balaban J connectivity index is 0.809. The molecule has 9 rings (SSSR count). The number of nitrogens with zero attached hydrogens (tertiary/aromatic N) is 9. The third-order valence-electron chi connectivity index (χ3n) is 13.3. The number of phenolic OH excluding ortho intramolecular Hbond substituents is 2. The van der Waals surface area contributed by atoms with Crippen LogP contribution in [0.2, 0.25) is 5.02 Å². The maximum absolute atomic E-state index is 14.2. The summed E-state index contributed by atoms with van der Waals surface area (Å²) in [5.41, 5.74) is 8.57. The number of hydrogen-bond acceptors (Lipinski definition) is 11. The molecule has 16 heteroatoms. The van der Waals surface area contributed by atoms with Gasteiger partial charge in [-0.15, -0.1) is 21.5 Å². The number of benzene rings is 4. The lowest BCUT2D eigenvalue weighted by molar-refractivity contribution is -0.132. The van der Waals surface area contributed by atoms with E-state index >= 15 is 0 Å². The fourth-order valence-corrected chi connectivity index (χ4v) is 10.4. The molecule has 2 aliphatic heterocycles. The SMILES string of the molecule is Cc1sc2c(c1C)C(c1ccc(Cl)cc1)=N[C@@H](CC(=O)N(C)[C@H](C)c1ccc(CN3CCN(Cc4ccc(-n5c(-c6cc(C(C)C)c(O)cc6O)n[nH]c5=O)cc4)CC3)cc1)c1nnc(C)n1-2. The number of halogens is 1. The Labute approximate surface area is 398 Å². The van der Waals surface area contributed by atoms with Crippen molar-refractivity contribution < 1.29 is 15.0 Å². The molecule has 7 aromatic rings. The Hall–Kier alpha value is -6.39. The lowest BCUT2D eigenvalue weighted by Crippen LogP contribution is -2.45. The summed E-state index contributed by atoms with van der Waals surface area (Å²) in [5.74, 6) is 1.50. The summed E-state index contributed by atoms with van der Waals surface area (Å²) in [5, 5.41) is 38.5. The number of fused-ring (bicyclic) bond motifs is 3. The summed E-state index contributed by atoms with van der Waals surface area (Å²) in [6.07, 6.45) is 0.138. The van der Waals surface area contributed by atoms with Crippen molar-refractivity contribution in [3.8, 4) is 33.6 Å². The highest BCUT2D eigenvalue weighted by atomic mass is 35.5. The van der Waals surface area contributed by atoms with Crippen LogP contribution in [0.25, 0.3) is 22.1 Å². The Kier molecular flexibility index (Phi) is 12.8. The summed E-state index contributed by atoms with van der Waals surface area (Å²) in [6.45, 7) is 17.5. The van der Waals surface area contributed by atoms with Crippen molar-refractivity contribution in [2.45, 2.75) is 79.1 Å². The maximum atomic E-state index is 14.2. The molecule has 1 saturated heterocycles. The first-order chi connectivity index (χ1) is 32.1. The van der Waals surface area contributed by atoms with E-state index in [0.29, 0.717) is 27.7 Å². The van der Waals surface area contributed by atoms with Gasteiger partial charge in [-0.05, 0) is 91.8 Å². The number of aromatic nitrogens is 6. The molecule has 346 valence electrons. The first-order valence-electron chi connectivity index (χ1n) is 22.6. The molecule has 3 N–H and O–H groups in total. The van der Waals surface area contributed by atoms with Gasteiger partial charge in [0.25, 0.3) is 0 Å². The smallest absolute Gasteiger partial charge is 0.348 e. The van der Waals surface area contributed by atoms with Crippen molar-refractivity contribution in [3.05, 3.63) is 156 Å². The Morgan fingerprint density at radius 1 is 0.851 bits per heavy atom. The molecular formula is C51H55ClN10O4S. The molecule has 0 aliphatic carbocycles. The zero-order valence-corrected chi connectivity index (χ0v) is 40.4. The molecule has 0 radical (unpaired) electrons. The van der Waals surface area contributed by atoms with Crippen molar-refractivity contribution in [3.63, 3.8) is 0 Å². The molecule has 2 aliphatic rings. The molecule has 1 amide bonds. The largest absolute Gasteiger partial charge is 0.508 e. The number of aromatic amines is 1. The maximum Gasteiger partial charge on any atom is 0.348 e. The molecule has 14 nitrogen and oxygen atoms in total. The predicted octanol–water partition coefficient (Wildman–Crippen LogP) is 8.80. The van der Waals surface area contributed by atoms with Gasteiger partial charge in [0, 0.05) is 73.4 Å². The fraction of sp³-hybridized carbons (Fsp3) is 0.333. The number of aryl methyl sites for hydroxylation is 2. The van der Waals surface area contributed by atoms with E-state index in [0.717, 1.165) is 83.6 Å². The van der Waals surface area contributed by atoms with Crippen LogP contribution in [-0.4, -0.2) is 99.3 Å². The third kappa shape index (κ3) is 9.08. The number of carbonyl (C=O) groups excluding carboxylic acids is 1. The summed E-state index contributed by atoms with van der Waals surface area (Å²) in [6, 6.07) is 26.4. The standard InChI is InChI=1S/C51H55ClN10O4S/c1-29(2)40-24-41(44(64)26-43(40)63)48-55-57-51(66)62(48)39-18-10-35(11-19-39)28-60-22-20-59(21-23-60)27-34-8-12-36(13-9-34)31(4)58(7)45(65)25-42-49-56-54-33(6)61(49)50-46(30(3)32(5)67-50)47(53-42)37-14-16-38(52)17-15-37/h8-19,24,26,29,31,42,63-64H,20-23,25,27-28H2,1-7H3,(H,57,66)/t31-,42+/m1/s1. The van der Waals surface area contributed by atoms with Gasteiger partial charge in [0.05, 0.1) is 29.4 Å². The highest BCUT2D eigenvalue weighted by Gasteiger charge is 2.34. The van der Waals surface area contributed by atoms with E-state index in [2.05, 4.69) is 79.8 Å². The first-order valence-corrected chi connectivity index (χ1v) is 23.8. The van der Waals surface area contributed by atoms with Crippen molar-refractivity contribution in [2.75, 3.05) is 33.2 Å². The van der Waals surface area contributed by atoms with E-state index < -0.39 is 11.7 Å². The highest BCUT2D eigenvalue weighted by Crippen LogP contribution is 2.41. The number of rotatable bonds is 12. The zero-order chi connectivity index (χ0) is 47.3. The summed E-state index contributed by atoms with van der Waals surface area (Å²) in [4.78, 5) is 40.3. The monoisotopic (exact) mass is 938 g/mol. The molecule has 3 aromatic heterocycles. The minimum atomic E-state index is -0.543. The second-order valence-electron chi connectivity index (χ2n) is 18.0. The van der Waals surface area contributed by atoms with Crippen LogP contribution >= 0.6 is 22.9 Å². The Morgan fingerprint density at radius 2 is 1.48 bits per heavy atom. The molecule has 2 atom stereocenters. The van der Waals surface area contributed by atoms with Gasteiger partial charge in [-0.2, -0.15) is 5.10 Å². The van der Waals surface area contributed by atoms with Gasteiger partial charge in [0.1, 0.15) is 28.4 Å². The molecule has 0 saturated carbocycles. The molecule has 4 aromatic carbocycles. The van der Waals surface area contributed by atoms with Crippen LogP contribution in [0, 0.1) is 20.8 Å². The lowest BCUT2D eigenvalue weighted by atomic mass is 9.98. The number of aromatic hydroxyl groups is 2. The van der Waals surface area contributed by atoms with E-state index in [9.17, 15) is 19.8 Å². The van der Waals surface area contributed by atoms with Gasteiger partial charge >= 0.3 is 5.69 Å². The summed E-state index contributed by atoms with van der Waals surface area (Å²) < 4.78 is 3.51. The van der Waals surface area contributed by atoms with E-state index in [1.807, 2.05) is 81.2 Å². The van der Waals surface area contributed by atoms with Gasteiger partial charge in [-0.25, -0.2) is 14.5 Å². The average molecular weight is 940 g/mol. The highest BCUT2D eigenvalue weighted by molar-refractivity contribution is 7.15. The number of piperazine rings is 1. The number of carbonyl (C=O) groups is 1. The van der Waals surface area contributed by atoms with Crippen LogP contribution in [-0.2, 0) is 17.9 Å². The van der Waals surface area contributed by atoms with E-state index in [1.165, 1.54) is 21.1 Å². The second kappa shape index (κ2) is 18.7. The van der Waals surface area contributed by atoms with Crippen molar-refractivity contribution in [1.29, 1.82) is 0 Å². The molecule has 0 bridgehead atoms. The lowest BCUT2D eigenvalue weighted by Gasteiger charge is -2.35. The number of H-pyrrole nitrogens is 1. The quantitative estimate of drug-likeness (QED) is 0.109. The zero-order valence-electron chi connectivity index (χ0n) is 38.8. The average Bonchev–Trinajstić information content (AvgIpc) is 3.95. The van der Waals surface area contributed by atoms with Crippen LogP contribution in [0.3, 0.4) is 0 Å². The fourth-order valence-electron chi connectivity index (χ4n) is 9.11. The molecular weight excluding hydrogens is 884 g/mol. The van der Waals surface area contributed by atoms with Crippen LogP contribution < -0.4 is 5.69 Å². The molecule has 1 fully saturated rings. The Morgan fingerprint density at radius 3 is 2.10 bits per heavy atom. The van der Waals surface area contributed by atoms with E-state index in [4.69, 9.17) is 16.6 Å². The minimum Gasteiger partial charge on any atom is -0.508 e. The Bertz CT molecular complexity index is 3030. The third-order valence-corrected chi connectivity index (χ3v) is 14.8. The summed E-state index contributed by atoms with van der Waals surface area (Å²) >= 11 is 7.99. The number of hydrogen-bond donors (Lipinski definition) is 3. The summed E-state index contributed by atoms with van der Waals surface area (Å²) in [7, 11) is 1.86. The van der Waals surface area contributed by atoms with E-state index in [1.54, 1.807) is 17.4 Å². The van der Waals surface area contributed by atoms with Gasteiger partial charge in [0.2, 0.25) is 5.91 Å². The molecule has 5 heterocycles. The van der Waals surface area contributed by atoms with Crippen LogP contribution in [0.1, 0.15) is 101 Å². The first kappa shape index (κ1) is 45.8. The molecule has 0 spiro atoms. The molecule has 67 heavy (non-hydrogen) atoms. The van der Waals surface area contributed by atoms with Crippen LogP contribution in [0.15, 0.2) is 94.7 Å². The van der Waals surface area contributed by atoms with Crippen molar-refractivity contribution in [2.24, 2.45) is 4.99 Å². The van der Waals surface area contributed by atoms with Gasteiger partial charge < -0.3 is 15.1 Å². The number of amides is 1.